The van der Waals surface area contributed by atoms with E-state index in [1.165, 1.54) is 10.6 Å². The minimum atomic E-state index is -0.452. The predicted octanol–water partition coefficient (Wildman–Crippen LogP) is 1.46. The molecule has 1 fully saturated rings. The summed E-state index contributed by atoms with van der Waals surface area (Å²) in [6, 6.07) is 14.3. The number of hydrogen-bond donors (Lipinski definition) is 2. The maximum absolute atomic E-state index is 10.4. The summed E-state index contributed by atoms with van der Waals surface area (Å²) in [5.74, 6) is 1.78. The van der Waals surface area contributed by atoms with Crippen LogP contribution in [0.5, 0.6) is 11.5 Å². The molecule has 146 valence electrons. The van der Waals surface area contributed by atoms with E-state index in [0.29, 0.717) is 6.61 Å². The molecular formula is C22H31N2O3+. The lowest BCUT2D eigenvalue weighted by molar-refractivity contribution is -0.903. The highest BCUT2D eigenvalue weighted by atomic mass is 16.5. The topological polar surface area (TPSA) is 46.4 Å². The van der Waals surface area contributed by atoms with E-state index in [9.17, 15) is 5.11 Å². The Balaban J connectivity index is 1.44. The number of aliphatic hydroxyl groups excluding tert-OH is 1. The number of ether oxygens (including phenoxy) is 2. The van der Waals surface area contributed by atoms with E-state index >= 15 is 0 Å². The Morgan fingerprint density at radius 3 is 2.26 bits per heavy atom. The molecule has 0 aromatic heterocycles. The first-order valence-electron chi connectivity index (χ1n) is 9.66. The zero-order valence-electron chi connectivity index (χ0n) is 16.6. The first kappa shape index (κ1) is 19.5. The van der Waals surface area contributed by atoms with E-state index in [-0.39, 0.29) is 0 Å². The zero-order chi connectivity index (χ0) is 19.2. The van der Waals surface area contributed by atoms with Gasteiger partial charge in [0, 0.05) is 5.69 Å². The number of hydrogen-bond acceptors (Lipinski definition) is 4. The summed E-state index contributed by atoms with van der Waals surface area (Å²) < 4.78 is 11.1. The van der Waals surface area contributed by atoms with Gasteiger partial charge in [0.1, 0.15) is 30.8 Å². The summed E-state index contributed by atoms with van der Waals surface area (Å²) in [7, 11) is 1.69. The van der Waals surface area contributed by atoms with Crippen LogP contribution in [-0.2, 0) is 0 Å². The number of aryl methyl sites for hydroxylation is 2. The molecule has 0 unspecified atom stereocenters. The molecule has 0 aliphatic carbocycles. The molecule has 0 bridgehead atoms. The zero-order valence-corrected chi connectivity index (χ0v) is 16.6. The molecule has 1 aliphatic rings. The molecule has 0 spiro atoms. The lowest BCUT2D eigenvalue weighted by Gasteiger charge is -2.34. The summed E-state index contributed by atoms with van der Waals surface area (Å²) in [6.07, 6.45) is -0.452. The Labute approximate surface area is 162 Å². The van der Waals surface area contributed by atoms with Crippen LogP contribution in [0, 0.1) is 13.8 Å². The van der Waals surface area contributed by atoms with Crippen LogP contribution in [0.1, 0.15) is 11.1 Å². The van der Waals surface area contributed by atoms with Crippen molar-refractivity contribution in [2.45, 2.75) is 20.0 Å². The van der Waals surface area contributed by atoms with Crippen LogP contribution in [0.4, 0.5) is 5.69 Å². The molecule has 1 saturated heterocycles. The van der Waals surface area contributed by atoms with Crippen molar-refractivity contribution in [2.75, 3.05) is 51.3 Å². The average molecular weight is 372 g/mol. The normalized spacial score (nSPS) is 16.2. The van der Waals surface area contributed by atoms with Gasteiger partial charge in [-0.3, -0.25) is 0 Å². The molecule has 3 rings (SSSR count). The first-order valence-corrected chi connectivity index (χ1v) is 9.66. The number of nitrogens with one attached hydrogen (secondary N) is 1. The Morgan fingerprint density at radius 1 is 1.04 bits per heavy atom. The number of quaternary nitrogens is 1. The first-order chi connectivity index (χ1) is 13.1. The maximum Gasteiger partial charge on any atom is 0.137 e. The SMILES string of the molecule is COc1ccc(N2CC[NH+](C[C@@H](O)COc3c(C)cccc3C)CC2)cc1. The van der Waals surface area contributed by atoms with Gasteiger partial charge in [0.05, 0.1) is 33.3 Å². The number of piperazine rings is 1. The molecule has 0 saturated carbocycles. The van der Waals surface area contributed by atoms with Gasteiger partial charge < -0.3 is 24.4 Å². The third-order valence-electron chi connectivity index (χ3n) is 5.26. The quantitative estimate of drug-likeness (QED) is 0.774. The predicted molar refractivity (Wildman–Crippen MR) is 108 cm³/mol. The highest BCUT2D eigenvalue weighted by molar-refractivity contribution is 5.49. The lowest BCUT2D eigenvalue weighted by atomic mass is 10.1. The van der Waals surface area contributed by atoms with E-state index in [2.05, 4.69) is 17.0 Å². The fourth-order valence-electron chi connectivity index (χ4n) is 3.68. The van der Waals surface area contributed by atoms with Crippen LogP contribution >= 0.6 is 0 Å². The van der Waals surface area contributed by atoms with Crippen molar-refractivity contribution < 1.29 is 19.5 Å². The number of anilines is 1. The standard InChI is InChI=1S/C22H30N2O3/c1-17-5-4-6-18(2)22(17)27-16-20(25)15-23-11-13-24(14-12-23)19-7-9-21(26-3)10-8-19/h4-10,20,25H,11-16H2,1-3H3/p+1/t20-/m1/s1. The van der Waals surface area contributed by atoms with E-state index < -0.39 is 6.10 Å². The second-order valence-corrected chi connectivity index (χ2v) is 7.32. The van der Waals surface area contributed by atoms with Crippen LogP contribution in [0.3, 0.4) is 0 Å². The third-order valence-corrected chi connectivity index (χ3v) is 5.26. The second kappa shape index (κ2) is 9.11. The van der Waals surface area contributed by atoms with Gasteiger partial charge in [-0.05, 0) is 49.2 Å². The smallest absolute Gasteiger partial charge is 0.137 e. The van der Waals surface area contributed by atoms with Crippen molar-refractivity contribution in [2.24, 2.45) is 0 Å². The Morgan fingerprint density at radius 2 is 1.67 bits per heavy atom. The van der Waals surface area contributed by atoms with Gasteiger partial charge in [0.15, 0.2) is 0 Å². The van der Waals surface area contributed by atoms with Gasteiger partial charge in [-0.25, -0.2) is 0 Å². The summed E-state index contributed by atoms with van der Waals surface area (Å²) >= 11 is 0. The Kier molecular flexibility index (Phi) is 6.58. The Bertz CT molecular complexity index is 705. The lowest BCUT2D eigenvalue weighted by Crippen LogP contribution is -3.16. The van der Waals surface area contributed by atoms with Gasteiger partial charge in [0.25, 0.3) is 0 Å². The summed E-state index contributed by atoms with van der Waals surface area (Å²) in [5.41, 5.74) is 3.46. The van der Waals surface area contributed by atoms with Crippen LogP contribution < -0.4 is 19.3 Å². The van der Waals surface area contributed by atoms with Crippen molar-refractivity contribution in [1.82, 2.24) is 0 Å². The Hall–Kier alpha value is -2.24. The number of methoxy groups -OCH3 is 1. The van der Waals surface area contributed by atoms with Crippen LogP contribution in [0.25, 0.3) is 0 Å². The number of aliphatic hydroxyl groups is 1. The van der Waals surface area contributed by atoms with Gasteiger partial charge in [-0.15, -0.1) is 0 Å². The van der Waals surface area contributed by atoms with Crippen molar-refractivity contribution in [3.63, 3.8) is 0 Å². The third kappa shape index (κ3) is 5.15. The van der Waals surface area contributed by atoms with Gasteiger partial charge in [-0.1, -0.05) is 18.2 Å². The molecular weight excluding hydrogens is 340 g/mol. The molecule has 0 radical (unpaired) electrons. The molecule has 2 aromatic carbocycles. The number of rotatable bonds is 7. The van der Waals surface area contributed by atoms with Gasteiger partial charge in [-0.2, -0.15) is 0 Å². The number of para-hydroxylation sites is 1. The second-order valence-electron chi connectivity index (χ2n) is 7.32. The minimum Gasteiger partial charge on any atom is -0.497 e. The summed E-state index contributed by atoms with van der Waals surface area (Å²) in [6.45, 7) is 9.17. The average Bonchev–Trinajstić information content (AvgIpc) is 2.68. The fourth-order valence-corrected chi connectivity index (χ4v) is 3.68. The molecule has 5 heteroatoms. The van der Waals surface area contributed by atoms with Crippen LogP contribution in [-0.4, -0.2) is 57.7 Å². The summed E-state index contributed by atoms with van der Waals surface area (Å²) in [4.78, 5) is 3.82. The van der Waals surface area contributed by atoms with E-state index in [1.807, 2.05) is 44.2 Å². The molecule has 0 amide bonds. The molecule has 1 heterocycles. The van der Waals surface area contributed by atoms with Gasteiger partial charge >= 0.3 is 0 Å². The minimum absolute atomic E-state index is 0.345. The summed E-state index contributed by atoms with van der Waals surface area (Å²) in [5, 5.41) is 10.4. The van der Waals surface area contributed by atoms with E-state index in [1.54, 1.807) is 7.11 Å². The van der Waals surface area contributed by atoms with E-state index in [0.717, 1.165) is 55.3 Å². The van der Waals surface area contributed by atoms with Gasteiger partial charge in [0.2, 0.25) is 0 Å². The van der Waals surface area contributed by atoms with Crippen molar-refractivity contribution in [3.8, 4) is 11.5 Å². The molecule has 27 heavy (non-hydrogen) atoms. The largest absolute Gasteiger partial charge is 0.497 e. The molecule has 2 aromatic rings. The van der Waals surface area contributed by atoms with Crippen molar-refractivity contribution in [1.29, 1.82) is 0 Å². The molecule has 2 N–H and O–H groups in total. The van der Waals surface area contributed by atoms with Crippen LogP contribution in [0.2, 0.25) is 0 Å². The van der Waals surface area contributed by atoms with Crippen molar-refractivity contribution >= 4 is 5.69 Å². The molecule has 1 atom stereocenters. The maximum atomic E-state index is 10.4. The molecule has 1 aliphatic heterocycles. The van der Waals surface area contributed by atoms with Crippen LogP contribution in [0.15, 0.2) is 42.5 Å². The fraction of sp³-hybridized carbons (Fsp3) is 0.455. The number of benzene rings is 2. The monoisotopic (exact) mass is 371 g/mol. The van der Waals surface area contributed by atoms with Crippen molar-refractivity contribution in [3.05, 3.63) is 53.6 Å². The van der Waals surface area contributed by atoms with E-state index in [4.69, 9.17) is 9.47 Å². The molecule has 5 nitrogen and oxygen atoms in total. The highest BCUT2D eigenvalue weighted by Gasteiger charge is 2.23. The number of nitrogens with zero attached hydrogens (tertiary/aromatic N) is 1. The highest BCUT2D eigenvalue weighted by Crippen LogP contribution is 2.22.